The zero-order valence-electron chi connectivity index (χ0n) is 20.5. The van der Waals surface area contributed by atoms with Crippen molar-refractivity contribution >= 4 is 23.6 Å². The maximum absolute atomic E-state index is 13.0. The zero-order chi connectivity index (χ0) is 24.2. The van der Waals surface area contributed by atoms with E-state index in [1.54, 1.807) is 4.90 Å². The van der Waals surface area contributed by atoms with Crippen LogP contribution in [0.1, 0.15) is 90.2 Å². The van der Waals surface area contributed by atoms with Crippen molar-refractivity contribution < 1.29 is 14.7 Å². The molecule has 0 unspecified atom stereocenters. The molecule has 6 heteroatoms. The van der Waals surface area contributed by atoms with Crippen molar-refractivity contribution in [2.45, 2.75) is 91.0 Å². The van der Waals surface area contributed by atoms with Crippen molar-refractivity contribution in [1.29, 1.82) is 0 Å². The summed E-state index contributed by atoms with van der Waals surface area (Å²) in [6, 6.07) is 6.06. The van der Waals surface area contributed by atoms with Gasteiger partial charge >= 0.3 is 12.0 Å². The van der Waals surface area contributed by atoms with Crippen molar-refractivity contribution in [3.8, 4) is 0 Å². The predicted molar refractivity (Wildman–Crippen MR) is 133 cm³/mol. The van der Waals surface area contributed by atoms with Gasteiger partial charge in [-0.1, -0.05) is 63.8 Å². The number of carboxylic acid groups (broad SMARTS) is 1. The fourth-order valence-electron chi connectivity index (χ4n) is 5.02. The number of amides is 2. The average Bonchev–Trinajstić information content (AvgIpc) is 2.74. The number of aliphatic carboxylic acids is 1. The lowest BCUT2D eigenvalue weighted by Gasteiger charge is -2.44. The van der Waals surface area contributed by atoms with Gasteiger partial charge in [0.15, 0.2) is 0 Å². The molecule has 0 saturated heterocycles. The number of hydrogen-bond acceptors (Lipinski definition) is 2. The van der Waals surface area contributed by atoms with Gasteiger partial charge < -0.3 is 15.3 Å². The third-order valence-corrected chi connectivity index (χ3v) is 7.45. The molecule has 0 spiro atoms. The van der Waals surface area contributed by atoms with Gasteiger partial charge in [-0.2, -0.15) is 0 Å². The molecule has 1 aromatic carbocycles. The molecule has 182 valence electrons. The van der Waals surface area contributed by atoms with Crippen LogP contribution in [0.25, 0.3) is 0 Å². The van der Waals surface area contributed by atoms with Gasteiger partial charge in [-0.15, -0.1) is 0 Å². The summed E-state index contributed by atoms with van der Waals surface area (Å²) in [5.41, 5.74) is 2.96. The summed E-state index contributed by atoms with van der Waals surface area (Å²) in [5.74, 6) is -0.444. The molecule has 2 amide bonds. The SMILES string of the molecule is CC(C)(C)CCc1ccc([C@@]2(C)NC(=O)N(CCCC(=O)O)C=C2C2CCCCC2)cc1Cl. The first-order chi connectivity index (χ1) is 15.5. The maximum atomic E-state index is 13.0. The summed E-state index contributed by atoms with van der Waals surface area (Å²) < 4.78 is 0. The van der Waals surface area contributed by atoms with E-state index in [1.165, 1.54) is 24.8 Å². The summed E-state index contributed by atoms with van der Waals surface area (Å²) in [5, 5.41) is 13.0. The third kappa shape index (κ3) is 6.53. The Morgan fingerprint density at radius 1 is 1.24 bits per heavy atom. The number of halogens is 1. The molecule has 1 aliphatic heterocycles. The van der Waals surface area contributed by atoms with Gasteiger partial charge in [-0.3, -0.25) is 4.79 Å². The van der Waals surface area contributed by atoms with Gasteiger partial charge in [0.05, 0.1) is 5.54 Å². The number of nitrogens with zero attached hydrogens (tertiary/aromatic N) is 1. The van der Waals surface area contributed by atoms with E-state index in [-0.39, 0.29) is 17.9 Å². The molecule has 1 atom stereocenters. The minimum absolute atomic E-state index is 0.0548. The number of carbonyl (C=O) groups excluding carboxylic acids is 1. The minimum Gasteiger partial charge on any atom is -0.481 e. The van der Waals surface area contributed by atoms with Crippen molar-refractivity contribution in [2.24, 2.45) is 11.3 Å². The Balaban J connectivity index is 1.91. The third-order valence-electron chi connectivity index (χ3n) is 7.10. The molecule has 3 rings (SSSR count). The van der Waals surface area contributed by atoms with E-state index >= 15 is 0 Å². The van der Waals surface area contributed by atoms with E-state index in [4.69, 9.17) is 16.7 Å². The first kappa shape index (κ1) is 25.6. The van der Waals surface area contributed by atoms with Gasteiger partial charge in [0.1, 0.15) is 0 Å². The van der Waals surface area contributed by atoms with Gasteiger partial charge in [-0.25, -0.2) is 4.79 Å². The van der Waals surface area contributed by atoms with E-state index in [0.717, 1.165) is 41.8 Å². The predicted octanol–water partition coefficient (Wildman–Crippen LogP) is 6.89. The molecule has 1 heterocycles. The summed E-state index contributed by atoms with van der Waals surface area (Å²) >= 11 is 6.74. The van der Waals surface area contributed by atoms with Crippen LogP contribution >= 0.6 is 11.6 Å². The van der Waals surface area contributed by atoms with Crippen molar-refractivity contribution in [2.75, 3.05) is 6.54 Å². The molecule has 1 aliphatic carbocycles. The Kier molecular flexibility index (Phi) is 8.15. The van der Waals surface area contributed by atoms with Crippen LogP contribution in [0.2, 0.25) is 5.02 Å². The highest BCUT2D eigenvalue weighted by atomic mass is 35.5. The summed E-state index contributed by atoms with van der Waals surface area (Å²) in [6.07, 6.45) is 10.3. The van der Waals surface area contributed by atoms with Crippen LogP contribution in [-0.2, 0) is 16.8 Å². The molecule has 1 aromatic rings. The molecule has 1 saturated carbocycles. The van der Waals surface area contributed by atoms with E-state index in [9.17, 15) is 9.59 Å². The Labute approximate surface area is 203 Å². The Hall–Kier alpha value is -2.01. The fourth-order valence-corrected chi connectivity index (χ4v) is 5.29. The monoisotopic (exact) mass is 474 g/mol. The highest BCUT2D eigenvalue weighted by Gasteiger charge is 2.42. The average molecular weight is 475 g/mol. The van der Waals surface area contributed by atoms with Gasteiger partial charge in [0.2, 0.25) is 0 Å². The minimum atomic E-state index is -0.838. The number of aryl methyl sites for hydroxylation is 1. The molecular weight excluding hydrogens is 436 g/mol. The first-order valence-corrected chi connectivity index (χ1v) is 12.7. The first-order valence-electron chi connectivity index (χ1n) is 12.3. The lowest BCUT2D eigenvalue weighted by molar-refractivity contribution is -0.137. The van der Waals surface area contributed by atoms with Gasteiger partial charge in [0, 0.05) is 24.2 Å². The van der Waals surface area contributed by atoms with Crippen molar-refractivity contribution in [3.63, 3.8) is 0 Å². The van der Waals surface area contributed by atoms with Crippen LogP contribution in [-0.4, -0.2) is 28.6 Å². The second-order valence-corrected chi connectivity index (χ2v) is 11.4. The topological polar surface area (TPSA) is 69.6 Å². The standard InChI is InChI=1S/C27H39ClN2O3/c1-26(2,3)15-14-20-12-13-21(17-23(20)28)27(4)22(19-9-6-5-7-10-19)18-30(25(33)29-27)16-8-11-24(31)32/h12-13,17-19H,5-11,14-16H2,1-4H3,(H,29,33)(H,31,32)/t27-/m1/s1. The molecule has 1 fully saturated rings. The van der Waals surface area contributed by atoms with Crippen LogP contribution in [0.15, 0.2) is 30.0 Å². The number of benzene rings is 1. The number of rotatable bonds is 8. The van der Waals surface area contributed by atoms with Crippen molar-refractivity contribution in [1.82, 2.24) is 10.2 Å². The number of carboxylic acids is 1. The maximum Gasteiger partial charge on any atom is 0.322 e. The lowest BCUT2D eigenvalue weighted by atomic mass is 9.72. The molecule has 0 aromatic heterocycles. The van der Waals surface area contributed by atoms with Crippen LogP contribution in [0.5, 0.6) is 0 Å². The number of nitrogens with one attached hydrogen (secondary N) is 1. The van der Waals surface area contributed by atoms with Crippen LogP contribution in [0, 0.1) is 11.3 Å². The van der Waals surface area contributed by atoms with E-state index in [1.807, 2.05) is 12.3 Å². The van der Waals surface area contributed by atoms with Crippen LogP contribution < -0.4 is 5.32 Å². The summed E-state index contributed by atoms with van der Waals surface area (Å²) in [4.78, 5) is 25.6. The quantitative estimate of drug-likeness (QED) is 0.431. The number of urea groups is 1. The van der Waals surface area contributed by atoms with E-state index in [0.29, 0.717) is 18.9 Å². The summed E-state index contributed by atoms with van der Waals surface area (Å²) in [7, 11) is 0. The molecule has 0 bridgehead atoms. The second kappa shape index (κ2) is 10.5. The van der Waals surface area contributed by atoms with E-state index in [2.05, 4.69) is 45.1 Å². The van der Waals surface area contributed by atoms with Crippen LogP contribution in [0.3, 0.4) is 0 Å². The van der Waals surface area contributed by atoms with Crippen LogP contribution in [0.4, 0.5) is 4.79 Å². The number of carbonyl (C=O) groups is 2. The normalized spacial score (nSPS) is 22.2. The Morgan fingerprint density at radius 3 is 2.55 bits per heavy atom. The Morgan fingerprint density at radius 2 is 1.94 bits per heavy atom. The molecule has 5 nitrogen and oxygen atoms in total. The van der Waals surface area contributed by atoms with Gasteiger partial charge in [0.25, 0.3) is 0 Å². The zero-order valence-corrected chi connectivity index (χ0v) is 21.3. The molecular formula is C27H39ClN2O3. The smallest absolute Gasteiger partial charge is 0.322 e. The largest absolute Gasteiger partial charge is 0.481 e. The number of hydrogen-bond donors (Lipinski definition) is 2. The molecule has 0 radical (unpaired) electrons. The highest BCUT2D eigenvalue weighted by Crippen LogP contribution is 2.43. The molecule has 2 aliphatic rings. The lowest BCUT2D eigenvalue weighted by Crippen LogP contribution is -2.55. The summed E-state index contributed by atoms with van der Waals surface area (Å²) in [6.45, 7) is 9.18. The second-order valence-electron chi connectivity index (χ2n) is 11.0. The van der Waals surface area contributed by atoms with Crippen molar-refractivity contribution in [3.05, 3.63) is 46.1 Å². The fraction of sp³-hybridized carbons (Fsp3) is 0.630. The molecule has 2 N–H and O–H groups in total. The Bertz CT molecular complexity index is 899. The highest BCUT2D eigenvalue weighted by molar-refractivity contribution is 6.31. The van der Waals surface area contributed by atoms with Gasteiger partial charge in [-0.05, 0) is 73.1 Å². The molecule has 33 heavy (non-hydrogen) atoms. The van der Waals surface area contributed by atoms with E-state index < -0.39 is 11.5 Å².